The number of ether oxygens (including phenoxy) is 1. The summed E-state index contributed by atoms with van der Waals surface area (Å²) < 4.78 is 5.42. The molecule has 1 aromatic carbocycles. The molecule has 0 unspecified atom stereocenters. The topological polar surface area (TPSA) is 52.1 Å². The zero-order valence-corrected chi connectivity index (χ0v) is 19.0. The smallest absolute Gasteiger partial charge is 0.191 e. The lowest BCUT2D eigenvalue weighted by molar-refractivity contribution is 0.136. The molecule has 1 aliphatic heterocycles. The molecule has 2 N–H and O–H groups in total. The summed E-state index contributed by atoms with van der Waals surface area (Å²) in [5.74, 6) is 1.88. The van der Waals surface area contributed by atoms with Crippen LogP contribution in [0.5, 0.6) is 5.75 Å². The number of unbranched alkanes of at least 4 members (excludes halogenated alkanes) is 1. The van der Waals surface area contributed by atoms with Crippen LogP contribution in [-0.4, -0.2) is 81.8 Å². The number of hydrogen-bond donors (Lipinski definition) is 2. The molecule has 2 rings (SSSR count). The minimum absolute atomic E-state index is 0.861. The van der Waals surface area contributed by atoms with Crippen LogP contribution in [0.15, 0.2) is 23.2 Å². The van der Waals surface area contributed by atoms with Crippen LogP contribution >= 0.6 is 0 Å². The van der Waals surface area contributed by atoms with Crippen molar-refractivity contribution in [1.82, 2.24) is 20.4 Å². The molecule has 6 heteroatoms. The molecular formula is C23H41N5O. The molecule has 1 saturated heterocycles. The van der Waals surface area contributed by atoms with Crippen molar-refractivity contribution in [3.8, 4) is 5.75 Å². The number of hydrogen-bond acceptors (Lipinski definition) is 4. The number of benzene rings is 1. The van der Waals surface area contributed by atoms with Crippen molar-refractivity contribution in [2.24, 2.45) is 4.99 Å². The van der Waals surface area contributed by atoms with Crippen LogP contribution in [0.1, 0.15) is 37.8 Å². The van der Waals surface area contributed by atoms with E-state index in [1.165, 1.54) is 56.8 Å². The summed E-state index contributed by atoms with van der Waals surface area (Å²) in [6, 6.07) is 6.42. The average molecular weight is 404 g/mol. The first-order chi connectivity index (χ1) is 14.2. The molecular weight excluding hydrogens is 362 g/mol. The van der Waals surface area contributed by atoms with Crippen LogP contribution in [0.2, 0.25) is 0 Å². The number of nitrogens with one attached hydrogen (secondary N) is 2. The Morgan fingerprint density at radius 3 is 2.52 bits per heavy atom. The Bertz CT molecular complexity index is 611. The lowest BCUT2D eigenvalue weighted by atomic mass is 10.1. The van der Waals surface area contributed by atoms with Crippen molar-refractivity contribution < 1.29 is 4.74 Å². The van der Waals surface area contributed by atoms with Gasteiger partial charge in [0.2, 0.25) is 0 Å². The van der Waals surface area contributed by atoms with Crippen LogP contribution in [0.4, 0.5) is 0 Å². The number of guanidine groups is 1. The normalized spacial score (nSPS) is 16.1. The third-order valence-corrected chi connectivity index (χ3v) is 5.59. The van der Waals surface area contributed by atoms with Crippen molar-refractivity contribution >= 4 is 5.96 Å². The van der Waals surface area contributed by atoms with Crippen LogP contribution in [0.25, 0.3) is 0 Å². The molecule has 0 amide bonds. The zero-order chi connectivity index (χ0) is 20.9. The Labute approximate surface area is 177 Å². The Balaban J connectivity index is 1.65. The van der Waals surface area contributed by atoms with Gasteiger partial charge in [0.05, 0.1) is 7.11 Å². The average Bonchev–Trinajstić information content (AvgIpc) is 2.75. The molecule has 1 aromatic rings. The molecule has 1 fully saturated rings. The van der Waals surface area contributed by atoms with Crippen molar-refractivity contribution in [2.45, 2.75) is 40.0 Å². The second kappa shape index (κ2) is 13.4. The summed E-state index contributed by atoms with van der Waals surface area (Å²) >= 11 is 0. The number of nitrogens with zero attached hydrogens (tertiary/aromatic N) is 3. The van der Waals surface area contributed by atoms with Gasteiger partial charge in [0.1, 0.15) is 5.75 Å². The lowest BCUT2D eigenvalue weighted by Gasteiger charge is -2.33. The molecule has 164 valence electrons. The predicted octanol–water partition coefficient (Wildman–Crippen LogP) is 2.52. The second-order valence-corrected chi connectivity index (χ2v) is 7.72. The number of aliphatic imine (C=N–C) groups is 1. The third kappa shape index (κ3) is 8.62. The molecule has 0 spiro atoms. The molecule has 0 aliphatic carbocycles. The van der Waals surface area contributed by atoms with Gasteiger partial charge in [-0.1, -0.05) is 19.1 Å². The van der Waals surface area contributed by atoms with Crippen molar-refractivity contribution in [3.05, 3.63) is 29.3 Å². The fraction of sp³-hybridized carbons (Fsp3) is 0.696. The van der Waals surface area contributed by atoms with Gasteiger partial charge in [-0.05, 0) is 63.4 Å². The van der Waals surface area contributed by atoms with Crippen molar-refractivity contribution in [1.29, 1.82) is 0 Å². The highest BCUT2D eigenvalue weighted by Gasteiger charge is 2.14. The molecule has 0 saturated carbocycles. The van der Waals surface area contributed by atoms with Crippen LogP contribution in [-0.2, 0) is 6.42 Å². The minimum atomic E-state index is 0.861. The SMILES string of the molecule is CCNC(=NCCCCN1CCN(CC)CC1)NCCc1ccc(C)c(OC)c1. The first-order valence-electron chi connectivity index (χ1n) is 11.3. The number of likely N-dealkylation sites (N-methyl/N-ethyl adjacent to an activating group) is 1. The van der Waals surface area contributed by atoms with E-state index in [2.05, 4.69) is 59.4 Å². The Morgan fingerprint density at radius 1 is 1.07 bits per heavy atom. The highest BCUT2D eigenvalue weighted by molar-refractivity contribution is 5.79. The summed E-state index contributed by atoms with van der Waals surface area (Å²) in [4.78, 5) is 9.87. The number of aryl methyl sites for hydroxylation is 1. The van der Waals surface area contributed by atoms with Crippen LogP contribution < -0.4 is 15.4 Å². The number of piperazine rings is 1. The first-order valence-corrected chi connectivity index (χ1v) is 11.3. The first kappa shape index (κ1) is 23.5. The highest BCUT2D eigenvalue weighted by Crippen LogP contribution is 2.18. The summed E-state index contributed by atoms with van der Waals surface area (Å²) in [7, 11) is 1.73. The van der Waals surface area contributed by atoms with Gasteiger partial charge in [-0.2, -0.15) is 0 Å². The quantitative estimate of drug-likeness (QED) is 0.338. The van der Waals surface area contributed by atoms with Gasteiger partial charge in [-0.15, -0.1) is 0 Å². The van der Waals surface area contributed by atoms with E-state index in [9.17, 15) is 0 Å². The second-order valence-electron chi connectivity index (χ2n) is 7.72. The Hall–Kier alpha value is -1.79. The summed E-state index contributed by atoms with van der Waals surface area (Å²) in [5.41, 5.74) is 2.45. The van der Waals surface area contributed by atoms with E-state index in [-0.39, 0.29) is 0 Å². The number of rotatable bonds is 11. The highest BCUT2D eigenvalue weighted by atomic mass is 16.5. The van der Waals surface area contributed by atoms with E-state index in [0.717, 1.165) is 44.2 Å². The maximum atomic E-state index is 5.42. The van der Waals surface area contributed by atoms with Gasteiger partial charge in [-0.25, -0.2) is 0 Å². The van der Waals surface area contributed by atoms with Gasteiger partial charge < -0.3 is 25.2 Å². The van der Waals surface area contributed by atoms with Crippen LogP contribution in [0, 0.1) is 6.92 Å². The van der Waals surface area contributed by atoms with Gasteiger partial charge in [-0.3, -0.25) is 4.99 Å². The zero-order valence-electron chi connectivity index (χ0n) is 19.0. The Morgan fingerprint density at radius 2 is 1.83 bits per heavy atom. The van der Waals surface area contributed by atoms with Crippen molar-refractivity contribution in [3.63, 3.8) is 0 Å². The molecule has 29 heavy (non-hydrogen) atoms. The minimum Gasteiger partial charge on any atom is -0.496 e. The fourth-order valence-corrected chi connectivity index (χ4v) is 3.65. The van der Waals surface area contributed by atoms with Crippen molar-refractivity contribution in [2.75, 3.05) is 66.0 Å². The summed E-state index contributed by atoms with van der Waals surface area (Å²) in [5, 5.41) is 6.81. The van der Waals surface area contributed by atoms with Gasteiger partial charge in [0.15, 0.2) is 5.96 Å². The summed E-state index contributed by atoms with van der Waals surface area (Å²) in [6.45, 7) is 16.3. The maximum absolute atomic E-state index is 5.42. The largest absolute Gasteiger partial charge is 0.496 e. The monoisotopic (exact) mass is 403 g/mol. The standard InChI is InChI=1S/C23H41N5O/c1-5-24-23(26-13-11-21-10-9-20(3)22(19-21)29-4)25-12-7-8-14-28-17-15-27(6-2)16-18-28/h9-10,19H,5-8,11-18H2,1-4H3,(H2,24,25,26). The van der Waals surface area contributed by atoms with E-state index < -0.39 is 0 Å². The van der Waals surface area contributed by atoms with E-state index in [1.807, 2.05) is 0 Å². The molecule has 0 bridgehead atoms. The van der Waals surface area contributed by atoms with E-state index in [1.54, 1.807) is 7.11 Å². The number of methoxy groups -OCH3 is 1. The molecule has 1 aliphatic rings. The lowest BCUT2D eigenvalue weighted by Crippen LogP contribution is -2.46. The van der Waals surface area contributed by atoms with E-state index in [4.69, 9.17) is 9.73 Å². The molecule has 6 nitrogen and oxygen atoms in total. The Kier molecular flexibility index (Phi) is 10.9. The van der Waals surface area contributed by atoms with Gasteiger partial charge in [0.25, 0.3) is 0 Å². The van der Waals surface area contributed by atoms with Crippen LogP contribution in [0.3, 0.4) is 0 Å². The van der Waals surface area contributed by atoms with E-state index in [0.29, 0.717) is 0 Å². The maximum Gasteiger partial charge on any atom is 0.191 e. The fourth-order valence-electron chi connectivity index (χ4n) is 3.65. The molecule has 0 aromatic heterocycles. The van der Waals surface area contributed by atoms with Gasteiger partial charge in [0, 0.05) is 45.8 Å². The third-order valence-electron chi connectivity index (χ3n) is 5.59. The summed E-state index contributed by atoms with van der Waals surface area (Å²) in [6.07, 6.45) is 3.31. The van der Waals surface area contributed by atoms with Gasteiger partial charge >= 0.3 is 0 Å². The molecule has 0 radical (unpaired) electrons. The molecule has 1 heterocycles. The van der Waals surface area contributed by atoms with E-state index >= 15 is 0 Å². The predicted molar refractivity (Wildman–Crippen MR) is 123 cm³/mol. The molecule has 0 atom stereocenters.